The van der Waals surface area contributed by atoms with Crippen molar-refractivity contribution in [1.29, 1.82) is 0 Å². The van der Waals surface area contributed by atoms with Gasteiger partial charge in [-0.2, -0.15) is 0 Å². The molecule has 0 saturated carbocycles. The Hall–Kier alpha value is -3.94. The van der Waals surface area contributed by atoms with Crippen LogP contribution in [-0.2, 0) is 6.42 Å². The number of nitrogens with one attached hydrogen (secondary N) is 1. The van der Waals surface area contributed by atoms with E-state index in [1.807, 2.05) is 6.07 Å². The van der Waals surface area contributed by atoms with Crippen molar-refractivity contribution in [3.8, 4) is 11.3 Å². The lowest BCUT2D eigenvalue weighted by molar-refractivity contribution is 0.0953. The Morgan fingerprint density at radius 3 is 2.57 bits per heavy atom. The summed E-state index contributed by atoms with van der Waals surface area (Å²) in [6.07, 6.45) is 9.99. The van der Waals surface area contributed by atoms with Crippen LogP contribution in [-0.4, -0.2) is 45.5 Å². The lowest BCUT2D eigenvalue weighted by atomic mass is 10.1. The monoisotopic (exact) mass is 470 g/mol. The maximum absolute atomic E-state index is 13.6. The Kier molecular flexibility index (Phi) is 6.88. The minimum Gasteiger partial charge on any atom is -0.355 e. The summed E-state index contributed by atoms with van der Waals surface area (Å²) in [6, 6.07) is 11.7. The van der Waals surface area contributed by atoms with Gasteiger partial charge in [0.25, 0.3) is 5.91 Å². The lowest BCUT2D eigenvalue weighted by Gasteiger charge is -2.29. The van der Waals surface area contributed by atoms with Crippen molar-refractivity contribution in [3.05, 3.63) is 78.1 Å². The van der Waals surface area contributed by atoms with E-state index in [1.54, 1.807) is 42.9 Å². The van der Waals surface area contributed by atoms with Crippen LogP contribution < -0.4 is 10.2 Å². The number of hydrogen-bond donors (Lipinski definition) is 1. The van der Waals surface area contributed by atoms with Gasteiger partial charge in [-0.1, -0.05) is 0 Å². The number of rotatable bonds is 7. The van der Waals surface area contributed by atoms with Crippen LogP contribution >= 0.6 is 0 Å². The third-order valence-electron chi connectivity index (χ3n) is 6.19. The molecule has 7 nitrogen and oxygen atoms in total. The second-order valence-electron chi connectivity index (χ2n) is 8.71. The molecule has 8 heteroatoms. The van der Waals surface area contributed by atoms with E-state index in [4.69, 9.17) is 9.97 Å². The molecule has 0 radical (unpaired) electrons. The van der Waals surface area contributed by atoms with Gasteiger partial charge in [-0.3, -0.25) is 14.8 Å². The van der Waals surface area contributed by atoms with Gasteiger partial charge >= 0.3 is 0 Å². The summed E-state index contributed by atoms with van der Waals surface area (Å²) < 4.78 is 13.6. The number of aromatic nitrogens is 4. The summed E-state index contributed by atoms with van der Waals surface area (Å²) in [5.74, 6) is 0.363. The second kappa shape index (κ2) is 10.5. The number of fused-ring (bicyclic) bond motifs is 1. The summed E-state index contributed by atoms with van der Waals surface area (Å²) in [5.41, 5.74) is 4.32. The molecule has 1 aliphatic rings. The number of amides is 1. The highest BCUT2D eigenvalue weighted by molar-refractivity contribution is 5.97. The standard InChI is InChI=1S/C27H27FN6O/c28-21-9-6-19(7-10-21)25-26(34-15-2-1-3-16-34)33-23-11-8-20(17-24(23)32-25)27(35)31-12-4-5-22-18-29-13-14-30-22/h6-11,13-14,17-18H,1-5,12,15-16H2,(H,31,35). The summed E-state index contributed by atoms with van der Waals surface area (Å²) in [7, 11) is 0. The van der Waals surface area contributed by atoms with Gasteiger partial charge in [0.05, 0.1) is 16.7 Å². The number of nitrogens with zero attached hydrogens (tertiary/aromatic N) is 5. The molecule has 1 aliphatic heterocycles. The van der Waals surface area contributed by atoms with Crippen LogP contribution in [0.4, 0.5) is 10.2 Å². The molecule has 0 spiro atoms. The molecule has 178 valence electrons. The Balaban J connectivity index is 1.38. The molecule has 2 aromatic heterocycles. The highest BCUT2D eigenvalue weighted by Gasteiger charge is 2.20. The normalized spacial score (nSPS) is 13.7. The molecule has 1 fully saturated rings. The van der Waals surface area contributed by atoms with Gasteiger partial charge in [-0.25, -0.2) is 14.4 Å². The summed E-state index contributed by atoms with van der Waals surface area (Å²) in [5, 5.41) is 2.96. The van der Waals surface area contributed by atoms with E-state index in [9.17, 15) is 9.18 Å². The second-order valence-corrected chi connectivity index (χ2v) is 8.71. The van der Waals surface area contributed by atoms with E-state index in [1.165, 1.54) is 18.6 Å². The minimum atomic E-state index is -0.291. The zero-order chi connectivity index (χ0) is 24.0. The van der Waals surface area contributed by atoms with Crippen molar-refractivity contribution < 1.29 is 9.18 Å². The van der Waals surface area contributed by atoms with Crippen LogP contribution in [0.2, 0.25) is 0 Å². The summed E-state index contributed by atoms with van der Waals surface area (Å²) in [4.78, 5) is 33.2. The molecule has 0 unspecified atom stereocenters. The highest BCUT2D eigenvalue weighted by atomic mass is 19.1. The molecule has 5 rings (SSSR count). The van der Waals surface area contributed by atoms with Crippen molar-refractivity contribution in [2.24, 2.45) is 0 Å². The van der Waals surface area contributed by atoms with Crippen LogP contribution in [0.25, 0.3) is 22.3 Å². The minimum absolute atomic E-state index is 0.156. The summed E-state index contributed by atoms with van der Waals surface area (Å²) in [6.45, 7) is 2.38. The number of carbonyl (C=O) groups excluding carboxylic acids is 1. The first-order chi connectivity index (χ1) is 17.2. The van der Waals surface area contributed by atoms with Gasteiger partial charge in [-0.05, 0) is 74.6 Å². The Morgan fingerprint density at radius 2 is 1.80 bits per heavy atom. The fourth-order valence-corrected chi connectivity index (χ4v) is 4.35. The molecule has 3 heterocycles. The van der Waals surface area contributed by atoms with E-state index in [0.717, 1.165) is 61.4 Å². The molecule has 2 aromatic carbocycles. The zero-order valence-electron chi connectivity index (χ0n) is 19.5. The number of hydrogen-bond acceptors (Lipinski definition) is 6. The topological polar surface area (TPSA) is 83.9 Å². The van der Waals surface area contributed by atoms with Crippen LogP contribution in [0.15, 0.2) is 61.1 Å². The first kappa shape index (κ1) is 22.8. The molecule has 35 heavy (non-hydrogen) atoms. The van der Waals surface area contributed by atoms with E-state index < -0.39 is 0 Å². The molecule has 0 atom stereocenters. The Bertz CT molecular complexity index is 1310. The lowest BCUT2D eigenvalue weighted by Crippen LogP contribution is -2.31. The van der Waals surface area contributed by atoms with E-state index in [-0.39, 0.29) is 11.7 Å². The van der Waals surface area contributed by atoms with Crippen LogP contribution in [0, 0.1) is 5.82 Å². The third kappa shape index (κ3) is 5.42. The van der Waals surface area contributed by atoms with Crippen LogP contribution in [0.3, 0.4) is 0 Å². The van der Waals surface area contributed by atoms with Gasteiger partial charge in [0.2, 0.25) is 0 Å². The fourth-order valence-electron chi connectivity index (χ4n) is 4.35. The van der Waals surface area contributed by atoms with Gasteiger partial charge in [-0.15, -0.1) is 0 Å². The predicted molar refractivity (Wildman–Crippen MR) is 134 cm³/mol. The molecular weight excluding hydrogens is 443 g/mol. The van der Waals surface area contributed by atoms with Gasteiger partial charge < -0.3 is 10.2 Å². The molecule has 1 saturated heterocycles. The van der Waals surface area contributed by atoms with Crippen molar-refractivity contribution in [1.82, 2.24) is 25.3 Å². The average molecular weight is 471 g/mol. The van der Waals surface area contributed by atoms with E-state index >= 15 is 0 Å². The Morgan fingerprint density at radius 1 is 0.971 bits per heavy atom. The van der Waals surface area contributed by atoms with Crippen LogP contribution in [0.5, 0.6) is 0 Å². The third-order valence-corrected chi connectivity index (χ3v) is 6.19. The zero-order valence-corrected chi connectivity index (χ0v) is 19.5. The van der Waals surface area contributed by atoms with Crippen molar-refractivity contribution in [2.75, 3.05) is 24.5 Å². The highest BCUT2D eigenvalue weighted by Crippen LogP contribution is 2.31. The van der Waals surface area contributed by atoms with Crippen molar-refractivity contribution in [2.45, 2.75) is 32.1 Å². The maximum atomic E-state index is 13.6. The van der Waals surface area contributed by atoms with E-state index in [2.05, 4.69) is 20.2 Å². The molecule has 0 bridgehead atoms. The first-order valence-corrected chi connectivity index (χ1v) is 12.0. The van der Waals surface area contributed by atoms with Crippen LogP contribution in [0.1, 0.15) is 41.7 Å². The maximum Gasteiger partial charge on any atom is 0.251 e. The number of aryl methyl sites for hydroxylation is 1. The first-order valence-electron chi connectivity index (χ1n) is 12.0. The van der Waals surface area contributed by atoms with Gasteiger partial charge in [0, 0.05) is 49.4 Å². The molecule has 1 N–H and O–H groups in total. The molecular formula is C27H27FN6O. The fraction of sp³-hybridized carbons (Fsp3) is 0.296. The average Bonchev–Trinajstić information content (AvgIpc) is 2.91. The number of halogens is 1. The molecule has 4 aromatic rings. The number of anilines is 1. The quantitative estimate of drug-likeness (QED) is 0.398. The van der Waals surface area contributed by atoms with Gasteiger partial charge in [0.15, 0.2) is 5.82 Å². The van der Waals surface area contributed by atoms with E-state index in [0.29, 0.717) is 23.3 Å². The smallest absolute Gasteiger partial charge is 0.251 e. The Labute approximate surface area is 203 Å². The molecule has 1 amide bonds. The number of benzene rings is 2. The summed E-state index contributed by atoms with van der Waals surface area (Å²) >= 11 is 0. The molecule has 0 aliphatic carbocycles. The van der Waals surface area contributed by atoms with Gasteiger partial charge in [0.1, 0.15) is 11.5 Å². The SMILES string of the molecule is O=C(NCCCc1cnccn1)c1ccc2nc(N3CCCCC3)c(-c3ccc(F)cc3)nc2c1. The van der Waals surface area contributed by atoms with Crippen molar-refractivity contribution >= 4 is 22.8 Å². The number of carbonyl (C=O) groups is 1. The number of piperidine rings is 1. The largest absolute Gasteiger partial charge is 0.355 e. The predicted octanol–water partition coefficient (Wildman–Crippen LogP) is 4.58. The van der Waals surface area contributed by atoms with Crippen molar-refractivity contribution in [3.63, 3.8) is 0 Å².